The van der Waals surface area contributed by atoms with E-state index in [2.05, 4.69) is 17.4 Å². The van der Waals surface area contributed by atoms with Gasteiger partial charge in [-0.15, -0.1) is 0 Å². The summed E-state index contributed by atoms with van der Waals surface area (Å²) in [5.41, 5.74) is 3.04. The van der Waals surface area contributed by atoms with E-state index in [1.165, 1.54) is 0 Å². The first-order valence-corrected chi connectivity index (χ1v) is 7.62. The number of likely N-dealkylation sites (tertiary alicyclic amines) is 1. The number of aliphatic hydroxyl groups excluding tert-OH is 1. The molecule has 0 spiro atoms. The van der Waals surface area contributed by atoms with E-state index in [9.17, 15) is 9.90 Å². The minimum atomic E-state index is -0.403. The number of urea groups is 1. The van der Waals surface area contributed by atoms with Crippen molar-refractivity contribution in [2.45, 2.75) is 18.9 Å². The molecule has 3 rings (SSSR count). The Kier molecular flexibility index (Phi) is 4.39. The second kappa shape index (κ2) is 6.62. The van der Waals surface area contributed by atoms with E-state index < -0.39 is 6.10 Å². The third-order valence-electron chi connectivity index (χ3n) is 3.93. The lowest BCUT2D eigenvalue weighted by Gasteiger charge is -2.30. The number of nitrogens with one attached hydrogen (secondary N) is 1. The van der Waals surface area contributed by atoms with Gasteiger partial charge in [-0.05, 0) is 36.1 Å². The number of piperidine rings is 1. The number of carbonyl (C=O) groups excluding carboxylic acids is 1. The molecule has 0 bridgehead atoms. The summed E-state index contributed by atoms with van der Waals surface area (Å²) in [6, 6.07) is 17.8. The van der Waals surface area contributed by atoms with Crippen LogP contribution in [0, 0.1) is 0 Å². The monoisotopic (exact) mass is 296 g/mol. The number of hydrogen-bond acceptors (Lipinski definition) is 2. The minimum Gasteiger partial charge on any atom is -0.391 e. The highest BCUT2D eigenvalue weighted by atomic mass is 16.3. The van der Waals surface area contributed by atoms with Crippen molar-refractivity contribution in [3.8, 4) is 11.1 Å². The molecular formula is C18H20N2O2. The van der Waals surface area contributed by atoms with E-state index in [-0.39, 0.29) is 6.03 Å². The highest BCUT2D eigenvalue weighted by molar-refractivity contribution is 5.89. The molecular weight excluding hydrogens is 276 g/mol. The predicted octanol–water partition coefficient (Wildman–Crippen LogP) is 3.34. The summed E-state index contributed by atoms with van der Waals surface area (Å²) in [6.45, 7) is 1.11. The molecule has 1 unspecified atom stereocenters. The standard InChI is InChI=1S/C18H20N2O2/c21-17-7-4-12-20(13-17)18(22)19-16-10-8-15(9-11-16)14-5-2-1-3-6-14/h1-3,5-6,8-11,17,21H,4,7,12-13H2,(H,19,22). The summed E-state index contributed by atoms with van der Waals surface area (Å²) in [7, 11) is 0. The largest absolute Gasteiger partial charge is 0.391 e. The van der Waals surface area contributed by atoms with E-state index in [1.54, 1.807) is 4.90 Å². The fraction of sp³-hybridized carbons (Fsp3) is 0.278. The Bertz CT molecular complexity index is 625. The van der Waals surface area contributed by atoms with Gasteiger partial charge in [-0.25, -0.2) is 4.79 Å². The zero-order valence-electron chi connectivity index (χ0n) is 12.4. The highest BCUT2D eigenvalue weighted by Crippen LogP contribution is 2.21. The number of aliphatic hydroxyl groups is 1. The number of nitrogens with zero attached hydrogens (tertiary/aromatic N) is 1. The van der Waals surface area contributed by atoms with E-state index >= 15 is 0 Å². The molecule has 2 N–H and O–H groups in total. The Morgan fingerprint density at radius 3 is 2.41 bits per heavy atom. The summed E-state index contributed by atoms with van der Waals surface area (Å²) >= 11 is 0. The van der Waals surface area contributed by atoms with Crippen molar-refractivity contribution < 1.29 is 9.90 Å². The molecule has 0 saturated carbocycles. The summed E-state index contributed by atoms with van der Waals surface area (Å²) in [4.78, 5) is 13.8. The average molecular weight is 296 g/mol. The molecule has 2 aromatic carbocycles. The summed E-state index contributed by atoms with van der Waals surface area (Å²) in [5, 5.41) is 12.5. The molecule has 4 heteroatoms. The first-order valence-electron chi connectivity index (χ1n) is 7.62. The molecule has 114 valence electrons. The second-order valence-electron chi connectivity index (χ2n) is 5.62. The fourth-order valence-electron chi connectivity index (χ4n) is 2.72. The number of amides is 2. The van der Waals surface area contributed by atoms with Gasteiger partial charge in [-0.1, -0.05) is 42.5 Å². The maximum atomic E-state index is 12.2. The van der Waals surface area contributed by atoms with Crippen LogP contribution in [0.15, 0.2) is 54.6 Å². The van der Waals surface area contributed by atoms with Crippen LogP contribution < -0.4 is 5.32 Å². The average Bonchev–Trinajstić information content (AvgIpc) is 2.56. The van der Waals surface area contributed by atoms with Crippen LogP contribution in [0.5, 0.6) is 0 Å². The number of hydrogen-bond donors (Lipinski definition) is 2. The number of carbonyl (C=O) groups is 1. The second-order valence-corrected chi connectivity index (χ2v) is 5.62. The molecule has 0 radical (unpaired) electrons. The number of β-amino-alcohol motifs (C(OH)–C–C–N with tert-alkyl or cyclic N) is 1. The Morgan fingerprint density at radius 1 is 1.05 bits per heavy atom. The summed E-state index contributed by atoms with van der Waals surface area (Å²) < 4.78 is 0. The van der Waals surface area contributed by atoms with Crippen LogP contribution in [0.3, 0.4) is 0 Å². The number of benzene rings is 2. The third kappa shape index (κ3) is 3.46. The summed E-state index contributed by atoms with van der Waals surface area (Å²) in [5.74, 6) is 0. The molecule has 1 heterocycles. The van der Waals surface area contributed by atoms with Crippen LogP contribution in [-0.2, 0) is 0 Å². The zero-order valence-corrected chi connectivity index (χ0v) is 12.4. The van der Waals surface area contributed by atoms with Crippen LogP contribution in [0.25, 0.3) is 11.1 Å². The summed E-state index contributed by atoms with van der Waals surface area (Å²) in [6.07, 6.45) is 1.22. The van der Waals surface area contributed by atoms with E-state index in [4.69, 9.17) is 0 Å². The molecule has 1 aliphatic rings. The molecule has 0 aliphatic carbocycles. The minimum absolute atomic E-state index is 0.147. The van der Waals surface area contributed by atoms with Crippen LogP contribution >= 0.6 is 0 Å². The first kappa shape index (κ1) is 14.6. The smallest absolute Gasteiger partial charge is 0.321 e. The molecule has 1 fully saturated rings. The van der Waals surface area contributed by atoms with Gasteiger partial charge < -0.3 is 15.3 Å². The van der Waals surface area contributed by atoms with Gasteiger partial charge in [0.2, 0.25) is 0 Å². The molecule has 2 aromatic rings. The molecule has 4 nitrogen and oxygen atoms in total. The lowest BCUT2D eigenvalue weighted by atomic mass is 10.1. The van der Waals surface area contributed by atoms with Gasteiger partial charge in [0.25, 0.3) is 0 Å². The van der Waals surface area contributed by atoms with Crippen LogP contribution in [0.2, 0.25) is 0 Å². The van der Waals surface area contributed by atoms with Crippen molar-refractivity contribution in [1.29, 1.82) is 0 Å². The van der Waals surface area contributed by atoms with E-state index in [0.717, 1.165) is 29.7 Å². The van der Waals surface area contributed by atoms with Gasteiger partial charge >= 0.3 is 6.03 Å². The van der Waals surface area contributed by atoms with Crippen LogP contribution in [0.1, 0.15) is 12.8 Å². The fourth-order valence-corrected chi connectivity index (χ4v) is 2.72. The number of rotatable bonds is 2. The van der Waals surface area contributed by atoms with Crippen molar-refractivity contribution >= 4 is 11.7 Å². The zero-order chi connectivity index (χ0) is 15.4. The van der Waals surface area contributed by atoms with E-state index in [0.29, 0.717) is 13.1 Å². The number of anilines is 1. The van der Waals surface area contributed by atoms with Gasteiger partial charge in [0, 0.05) is 18.8 Å². The van der Waals surface area contributed by atoms with Gasteiger partial charge in [0.15, 0.2) is 0 Å². The Balaban J connectivity index is 1.65. The SMILES string of the molecule is O=C(Nc1ccc(-c2ccccc2)cc1)N1CCCC(O)C1. The van der Waals surface area contributed by atoms with Crippen LogP contribution in [0.4, 0.5) is 10.5 Å². The molecule has 22 heavy (non-hydrogen) atoms. The third-order valence-corrected chi connectivity index (χ3v) is 3.93. The van der Waals surface area contributed by atoms with Gasteiger partial charge in [-0.3, -0.25) is 0 Å². The van der Waals surface area contributed by atoms with Crippen molar-refractivity contribution in [2.24, 2.45) is 0 Å². The Morgan fingerprint density at radius 2 is 1.73 bits per heavy atom. The molecule has 0 aromatic heterocycles. The van der Waals surface area contributed by atoms with Crippen LogP contribution in [-0.4, -0.2) is 35.2 Å². The normalized spacial score (nSPS) is 18.0. The van der Waals surface area contributed by atoms with Gasteiger partial charge in [0.05, 0.1) is 6.10 Å². The van der Waals surface area contributed by atoms with Gasteiger partial charge in [0.1, 0.15) is 0 Å². The maximum absolute atomic E-state index is 12.2. The molecule has 1 atom stereocenters. The lowest BCUT2D eigenvalue weighted by molar-refractivity contribution is 0.0883. The highest BCUT2D eigenvalue weighted by Gasteiger charge is 2.21. The maximum Gasteiger partial charge on any atom is 0.321 e. The molecule has 1 aliphatic heterocycles. The van der Waals surface area contributed by atoms with Crippen molar-refractivity contribution in [1.82, 2.24) is 4.90 Å². The topological polar surface area (TPSA) is 52.6 Å². The van der Waals surface area contributed by atoms with Gasteiger partial charge in [-0.2, -0.15) is 0 Å². The van der Waals surface area contributed by atoms with E-state index in [1.807, 2.05) is 42.5 Å². The molecule has 1 saturated heterocycles. The first-order chi connectivity index (χ1) is 10.7. The molecule has 2 amide bonds. The van der Waals surface area contributed by atoms with Crippen molar-refractivity contribution in [3.05, 3.63) is 54.6 Å². The quantitative estimate of drug-likeness (QED) is 0.893. The Hall–Kier alpha value is -2.33. The lowest BCUT2D eigenvalue weighted by Crippen LogP contribution is -2.44. The van der Waals surface area contributed by atoms with Crippen molar-refractivity contribution in [2.75, 3.05) is 18.4 Å². The van der Waals surface area contributed by atoms with Crippen molar-refractivity contribution in [3.63, 3.8) is 0 Å². The Labute approximate surface area is 130 Å². The predicted molar refractivity (Wildman–Crippen MR) is 87.7 cm³/mol.